The van der Waals surface area contributed by atoms with E-state index in [0.29, 0.717) is 6.04 Å². The van der Waals surface area contributed by atoms with Gasteiger partial charge in [-0.15, -0.1) is 0 Å². The Morgan fingerprint density at radius 1 is 1.54 bits per heavy atom. The van der Waals surface area contributed by atoms with Gasteiger partial charge < -0.3 is 10.6 Å². The van der Waals surface area contributed by atoms with E-state index >= 15 is 0 Å². The molecule has 13 heavy (non-hydrogen) atoms. The van der Waals surface area contributed by atoms with E-state index in [1.54, 1.807) is 0 Å². The highest BCUT2D eigenvalue weighted by Gasteiger charge is 2.25. The molecule has 0 aromatic heterocycles. The number of hydrogen-bond donors (Lipinski definition) is 1. The molecule has 1 saturated carbocycles. The molecule has 1 atom stereocenters. The molecule has 0 aliphatic heterocycles. The molecule has 0 heterocycles. The van der Waals surface area contributed by atoms with Crippen LogP contribution in [0.4, 0.5) is 0 Å². The largest absolute Gasteiger partial charge is 0.341 e. The van der Waals surface area contributed by atoms with Gasteiger partial charge in [-0.3, -0.25) is 4.79 Å². The second-order valence-electron chi connectivity index (χ2n) is 3.90. The number of carbonyl (C=O) groups excluding carboxylic acids is 1. The van der Waals surface area contributed by atoms with Crippen LogP contribution >= 0.6 is 0 Å². The first-order valence-electron chi connectivity index (χ1n) is 5.19. The normalized spacial score (nSPS) is 20.2. The molecule has 0 spiro atoms. The third-order valence-electron chi connectivity index (χ3n) is 2.98. The number of nitrogens with zero attached hydrogens (tertiary/aromatic N) is 1. The minimum atomic E-state index is -0.300. The van der Waals surface area contributed by atoms with Crippen LogP contribution in [0, 0.1) is 0 Å². The number of likely N-dealkylation sites (N-methyl/N-ethyl adjacent to an activating group) is 1. The molecule has 0 bridgehead atoms. The first kappa shape index (κ1) is 10.5. The lowest BCUT2D eigenvalue weighted by molar-refractivity contribution is -0.133. The Kier molecular flexibility index (Phi) is 3.72. The zero-order chi connectivity index (χ0) is 9.84. The molecular formula is C10H20N2O. The third-order valence-corrected chi connectivity index (χ3v) is 2.98. The summed E-state index contributed by atoms with van der Waals surface area (Å²) in [5, 5.41) is 0. The van der Waals surface area contributed by atoms with Gasteiger partial charge in [-0.1, -0.05) is 19.8 Å². The minimum absolute atomic E-state index is 0.106. The van der Waals surface area contributed by atoms with Gasteiger partial charge in [0.05, 0.1) is 6.04 Å². The van der Waals surface area contributed by atoms with Crippen molar-refractivity contribution in [2.24, 2.45) is 5.73 Å². The predicted molar refractivity (Wildman–Crippen MR) is 53.3 cm³/mol. The van der Waals surface area contributed by atoms with Crippen LogP contribution in [0.2, 0.25) is 0 Å². The maximum Gasteiger partial charge on any atom is 0.239 e. The Bertz CT molecular complexity index is 176. The summed E-state index contributed by atoms with van der Waals surface area (Å²) in [5.74, 6) is 0.106. The Morgan fingerprint density at radius 3 is 2.54 bits per heavy atom. The average Bonchev–Trinajstić information content (AvgIpc) is 2.67. The van der Waals surface area contributed by atoms with Crippen molar-refractivity contribution in [3.8, 4) is 0 Å². The number of nitrogens with two attached hydrogens (primary N) is 1. The molecule has 1 amide bonds. The van der Waals surface area contributed by atoms with Crippen molar-refractivity contribution in [2.75, 3.05) is 7.05 Å². The molecule has 1 aliphatic carbocycles. The number of hydrogen-bond acceptors (Lipinski definition) is 2. The molecular weight excluding hydrogens is 164 g/mol. The maximum absolute atomic E-state index is 11.7. The lowest BCUT2D eigenvalue weighted by Gasteiger charge is -2.26. The van der Waals surface area contributed by atoms with Crippen LogP contribution in [0.25, 0.3) is 0 Å². The highest BCUT2D eigenvalue weighted by atomic mass is 16.2. The fourth-order valence-electron chi connectivity index (χ4n) is 1.91. The molecule has 1 fully saturated rings. The number of rotatable bonds is 3. The maximum atomic E-state index is 11.7. The van der Waals surface area contributed by atoms with E-state index in [0.717, 1.165) is 19.3 Å². The molecule has 1 rings (SSSR count). The van der Waals surface area contributed by atoms with Crippen molar-refractivity contribution < 1.29 is 4.79 Å². The van der Waals surface area contributed by atoms with Crippen LogP contribution in [0.3, 0.4) is 0 Å². The quantitative estimate of drug-likeness (QED) is 0.714. The van der Waals surface area contributed by atoms with E-state index in [4.69, 9.17) is 5.73 Å². The van der Waals surface area contributed by atoms with Gasteiger partial charge in [0.2, 0.25) is 5.91 Å². The van der Waals surface area contributed by atoms with Crippen LogP contribution in [-0.4, -0.2) is 29.9 Å². The zero-order valence-corrected chi connectivity index (χ0v) is 8.62. The van der Waals surface area contributed by atoms with Crippen LogP contribution in [-0.2, 0) is 4.79 Å². The summed E-state index contributed by atoms with van der Waals surface area (Å²) in [7, 11) is 1.88. The third kappa shape index (κ3) is 2.44. The van der Waals surface area contributed by atoms with Crippen LogP contribution < -0.4 is 5.73 Å². The lowest BCUT2D eigenvalue weighted by Crippen LogP contribution is -2.45. The van der Waals surface area contributed by atoms with Crippen LogP contribution in [0.5, 0.6) is 0 Å². The van der Waals surface area contributed by atoms with Gasteiger partial charge in [0.15, 0.2) is 0 Å². The Balaban J connectivity index is 2.45. The number of amides is 1. The van der Waals surface area contributed by atoms with Crippen LogP contribution in [0.1, 0.15) is 39.0 Å². The van der Waals surface area contributed by atoms with Crippen molar-refractivity contribution in [3.05, 3.63) is 0 Å². The van der Waals surface area contributed by atoms with Crippen LogP contribution in [0.15, 0.2) is 0 Å². The van der Waals surface area contributed by atoms with Crippen molar-refractivity contribution in [1.82, 2.24) is 4.90 Å². The van der Waals surface area contributed by atoms with E-state index in [9.17, 15) is 4.79 Å². The first-order valence-corrected chi connectivity index (χ1v) is 5.19. The van der Waals surface area contributed by atoms with Gasteiger partial charge in [-0.05, 0) is 19.3 Å². The monoisotopic (exact) mass is 184 g/mol. The summed E-state index contributed by atoms with van der Waals surface area (Å²) in [4.78, 5) is 13.5. The van der Waals surface area contributed by atoms with Gasteiger partial charge in [-0.25, -0.2) is 0 Å². The fraction of sp³-hybridized carbons (Fsp3) is 0.900. The molecule has 3 nitrogen and oxygen atoms in total. The van der Waals surface area contributed by atoms with Gasteiger partial charge >= 0.3 is 0 Å². The first-order chi connectivity index (χ1) is 6.16. The van der Waals surface area contributed by atoms with Crippen molar-refractivity contribution >= 4 is 5.91 Å². The molecule has 0 unspecified atom stereocenters. The lowest BCUT2D eigenvalue weighted by atomic mass is 10.1. The van der Waals surface area contributed by atoms with E-state index in [2.05, 4.69) is 0 Å². The smallest absolute Gasteiger partial charge is 0.239 e. The second kappa shape index (κ2) is 4.61. The minimum Gasteiger partial charge on any atom is -0.341 e. The van der Waals surface area contributed by atoms with Crippen molar-refractivity contribution in [3.63, 3.8) is 0 Å². The molecule has 0 aromatic carbocycles. The standard InChI is InChI=1S/C10H20N2O/c1-3-9(11)10(13)12(2)8-6-4-5-7-8/h8-9H,3-7,11H2,1-2H3/t9-/m1/s1. The van der Waals surface area contributed by atoms with E-state index in [-0.39, 0.29) is 11.9 Å². The van der Waals surface area contributed by atoms with E-state index < -0.39 is 0 Å². The Labute approximate surface area is 80.3 Å². The van der Waals surface area contributed by atoms with Gasteiger partial charge in [0, 0.05) is 13.1 Å². The summed E-state index contributed by atoms with van der Waals surface area (Å²) in [6, 6.07) is 0.149. The van der Waals surface area contributed by atoms with Gasteiger partial charge in [-0.2, -0.15) is 0 Å². The molecule has 1 aliphatic rings. The van der Waals surface area contributed by atoms with Gasteiger partial charge in [0.1, 0.15) is 0 Å². The SMILES string of the molecule is CC[C@@H](N)C(=O)N(C)C1CCCC1. The van der Waals surface area contributed by atoms with Crippen molar-refractivity contribution in [1.29, 1.82) is 0 Å². The zero-order valence-electron chi connectivity index (χ0n) is 8.62. The van der Waals surface area contributed by atoms with E-state index in [1.165, 1.54) is 12.8 Å². The van der Waals surface area contributed by atoms with Crippen molar-refractivity contribution in [2.45, 2.75) is 51.1 Å². The molecule has 76 valence electrons. The highest BCUT2D eigenvalue weighted by Crippen LogP contribution is 2.22. The topological polar surface area (TPSA) is 46.3 Å². The molecule has 0 saturated heterocycles. The Morgan fingerprint density at radius 2 is 2.08 bits per heavy atom. The summed E-state index contributed by atoms with van der Waals surface area (Å²) in [6.07, 6.45) is 5.54. The molecule has 0 radical (unpaired) electrons. The molecule has 2 N–H and O–H groups in total. The predicted octanol–water partition coefficient (Wildman–Crippen LogP) is 1.12. The van der Waals surface area contributed by atoms with E-state index in [1.807, 2.05) is 18.9 Å². The summed E-state index contributed by atoms with van der Waals surface area (Å²) in [6.45, 7) is 1.95. The Hall–Kier alpha value is -0.570. The number of carbonyl (C=O) groups is 1. The highest BCUT2D eigenvalue weighted by molar-refractivity contribution is 5.81. The fourth-order valence-corrected chi connectivity index (χ4v) is 1.91. The summed E-state index contributed by atoms with van der Waals surface area (Å²) >= 11 is 0. The molecule has 0 aromatic rings. The second-order valence-corrected chi connectivity index (χ2v) is 3.90. The summed E-state index contributed by atoms with van der Waals surface area (Å²) in [5.41, 5.74) is 5.69. The summed E-state index contributed by atoms with van der Waals surface area (Å²) < 4.78 is 0. The molecule has 3 heteroatoms. The average molecular weight is 184 g/mol. The van der Waals surface area contributed by atoms with Gasteiger partial charge in [0.25, 0.3) is 0 Å².